The number of amides is 2. The van der Waals surface area contributed by atoms with Crippen molar-refractivity contribution in [1.82, 2.24) is 9.88 Å². The SMILES string of the molecule is O=C(Nc1nc(C(=O)N2CCCC(C(=O)O)C2)cs1)OCC1c2ccccc2-c2ccccc21. The van der Waals surface area contributed by atoms with Crippen LogP contribution in [0.15, 0.2) is 53.9 Å². The maximum Gasteiger partial charge on any atom is 0.413 e. The van der Waals surface area contributed by atoms with E-state index in [1.165, 1.54) is 4.90 Å². The predicted octanol–water partition coefficient (Wildman–Crippen LogP) is 4.44. The quantitative estimate of drug-likeness (QED) is 0.562. The Morgan fingerprint density at radius 3 is 2.44 bits per heavy atom. The van der Waals surface area contributed by atoms with Gasteiger partial charge in [-0.25, -0.2) is 9.78 Å². The van der Waals surface area contributed by atoms with E-state index in [1.54, 1.807) is 5.38 Å². The Labute approximate surface area is 200 Å². The molecule has 0 bridgehead atoms. The smallest absolute Gasteiger partial charge is 0.413 e. The van der Waals surface area contributed by atoms with Gasteiger partial charge in [0.25, 0.3) is 5.91 Å². The van der Waals surface area contributed by atoms with Gasteiger partial charge in [-0.15, -0.1) is 11.3 Å². The number of aliphatic carboxylic acids is 1. The zero-order valence-corrected chi connectivity index (χ0v) is 19.1. The normalized spacial score (nSPS) is 17.1. The van der Waals surface area contributed by atoms with Crippen molar-refractivity contribution in [2.45, 2.75) is 18.8 Å². The van der Waals surface area contributed by atoms with Crippen molar-refractivity contribution >= 4 is 34.4 Å². The van der Waals surface area contributed by atoms with Crippen molar-refractivity contribution in [1.29, 1.82) is 0 Å². The fourth-order valence-electron chi connectivity index (χ4n) is 4.68. The number of thiazole rings is 1. The van der Waals surface area contributed by atoms with Gasteiger partial charge in [-0.1, -0.05) is 48.5 Å². The zero-order chi connectivity index (χ0) is 23.7. The third-order valence-electron chi connectivity index (χ3n) is 6.33. The predicted molar refractivity (Wildman–Crippen MR) is 127 cm³/mol. The molecule has 1 saturated heterocycles. The standard InChI is InChI=1S/C25H23N3O5S/c29-22(28-11-5-6-15(12-28)23(30)31)21-14-34-24(26-21)27-25(32)33-13-20-18-9-3-1-7-16(18)17-8-2-4-10-19(17)20/h1-4,7-10,14-15,20H,5-6,11-13H2,(H,30,31)(H,26,27,32). The fourth-order valence-corrected chi connectivity index (χ4v) is 5.35. The monoisotopic (exact) mass is 477 g/mol. The van der Waals surface area contributed by atoms with Crippen molar-refractivity contribution in [3.05, 3.63) is 70.7 Å². The number of carbonyl (C=O) groups is 3. The number of carboxylic acid groups (broad SMARTS) is 1. The van der Waals surface area contributed by atoms with Gasteiger partial charge in [-0.3, -0.25) is 14.9 Å². The summed E-state index contributed by atoms with van der Waals surface area (Å²) in [6.07, 6.45) is 0.557. The van der Waals surface area contributed by atoms with Crippen LogP contribution in [0.3, 0.4) is 0 Å². The lowest BCUT2D eigenvalue weighted by molar-refractivity contribution is -0.143. The third kappa shape index (κ3) is 4.26. The molecule has 34 heavy (non-hydrogen) atoms. The maximum atomic E-state index is 12.7. The molecule has 2 heterocycles. The van der Waals surface area contributed by atoms with Gasteiger partial charge in [0.1, 0.15) is 12.3 Å². The van der Waals surface area contributed by atoms with Crippen molar-refractivity contribution in [3.8, 4) is 11.1 Å². The van der Waals surface area contributed by atoms with Crippen LogP contribution in [-0.4, -0.2) is 52.7 Å². The van der Waals surface area contributed by atoms with E-state index in [9.17, 15) is 19.5 Å². The second kappa shape index (κ2) is 9.26. The minimum atomic E-state index is -0.895. The van der Waals surface area contributed by atoms with Gasteiger partial charge in [-0.2, -0.15) is 0 Å². The van der Waals surface area contributed by atoms with Crippen LogP contribution in [0, 0.1) is 5.92 Å². The van der Waals surface area contributed by atoms with Crippen LogP contribution >= 0.6 is 11.3 Å². The molecule has 1 fully saturated rings. The Kier molecular flexibility index (Phi) is 6.02. The lowest BCUT2D eigenvalue weighted by atomic mass is 9.98. The topological polar surface area (TPSA) is 109 Å². The Hall–Kier alpha value is -3.72. The molecule has 1 atom stereocenters. The summed E-state index contributed by atoms with van der Waals surface area (Å²) in [5.41, 5.74) is 4.74. The summed E-state index contributed by atoms with van der Waals surface area (Å²) in [5.74, 6) is -1.83. The molecule has 2 aliphatic rings. The number of nitrogens with one attached hydrogen (secondary N) is 1. The van der Waals surface area contributed by atoms with E-state index in [0.29, 0.717) is 19.4 Å². The number of hydrogen-bond donors (Lipinski definition) is 2. The van der Waals surface area contributed by atoms with Crippen molar-refractivity contribution < 1.29 is 24.2 Å². The van der Waals surface area contributed by atoms with Crippen LogP contribution in [0.5, 0.6) is 0 Å². The molecule has 0 radical (unpaired) electrons. The summed E-state index contributed by atoms with van der Waals surface area (Å²) in [4.78, 5) is 42.2. The molecule has 0 saturated carbocycles. The van der Waals surface area contributed by atoms with Crippen molar-refractivity contribution in [2.24, 2.45) is 5.92 Å². The van der Waals surface area contributed by atoms with Crippen LogP contribution in [0.2, 0.25) is 0 Å². The highest BCUT2D eigenvalue weighted by molar-refractivity contribution is 7.14. The first-order valence-electron chi connectivity index (χ1n) is 11.1. The molecule has 1 aliphatic heterocycles. The Morgan fingerprint density at radius 1 is 1.09 bits per heavy atom. The number of fused-ring (bicyclic) bond motifs is 3. The fraction of sp³-hybridized carbons (Fsp3) is 0.280. The number of benzene rings is 2. The molecular formula is C25H23N3O5S. The van der Waals surface area contributed by atoms with E-state index < -0.39 is 18.0 Å². The highest BCUT2D eigenvalue weighted by atomic mass is 32.1. The molecular weight excluding hydrogens is 454 g/mol. The van der Waals surface area contributed by atoms with E-state index in [1.807, 2.05) is 24.3 Å². The number of ether oxygens (including phenoxy) is 1. The second-order valence-corrected chi connectivity index (χ2v) is 9.28. The Morgan fingerprint density at radius 2 is 1.76 bits per heavy atom. The molecule has 2 N–H and O–H groups in total. The first-order valence-corrected chi connectivity index (χ1v) is 12.0. The van der Waals surface area contributed by atoms with Crippen molar-refractivity contribution in [3.63, 3.8) is 0 Å². The highest BCUT2D eigenvalue weighted by Gasteiger charge is 2.31. The van der Waals surface area contributed by atoms with Gasteiger partial charge in [-0.05, 0) is 35.1 Å². The first kappa shape index (κ1) is 22.1. The largest absolute Gasteiger partial charge is 0.481 e. The van der Waals surface area contributed by atoms with Gasteiger partial charge < -0.3 is 14.7 Å². The van der Waals surface area contributed by atoms with Crippen LogP contribution < -0.4 is 5.32 Å². The molecule has 174 valence electrons. The summed E-state index contributed by atoms with van der Waals surface area (Å²) in [6.45, 7) is 0.845. The third-order valence-corrected chi connectivity index (χ3v) is 7.09. The summed E-state index contributed by atoms with van der Waals surface area (Å²) in [7, 11) is 0. The van der Waals surface area contributed by atoms with Gasteiger partial charge in [0, 0.05) is 24.4 Å². The Bertz CT molecular complexity index is 1210. The molecule has 5 rings (SSSR count). The van der Waals surface area contributed by atoms with Gasteiger partial charge in [0.2, 0.25) is 0 Å². The number of hydrogen-bond acceptors (Lipinski definition) is 6. The van der Waals surface area contributed by atoms with Crippen LogP contribution in [0.1, 0.15) is 40.4 Å². The van der Waals surface area contributed by atoms with Crippen LogP contribution in [0.4, 0.5) is 9.93 Å². The second-order valence-electron chi connectivity index (χ2n) is 8.42. The lowest BCUT2D eigenvalue weighted by Crippen LogP contribution is -2.42. The molecule has 1 unspecified atom stereocenters. The molecule has 9 heteroatoms. The first-order chi connectivity index (χ1) is 16.5. The molecule has 3 aromatic rings. The van der Waals surface area contributed by atoms with E-state index >= 15 is 0 Å². The number of nitrogens with zero attached hydrogens (tertiary/aromatic N) is 2. The number of carboxylic acids is 1. The number of piperidine rings is 1. The summed E-state index contributed by atoms with van der Waals surface area (Å²) in [6, 6.07) is 16.2. The van der Waals surface area contributed by atoms with E-state index in [4.69, 9.17) is 4.74 Å². The number of aromatic nitrogens is 1. The summed E-state index contributed by atoms with van der Waals surface area (Å²) >= 11 is 1.13. The molecule has 2 aromatic carbocycles. The maximum absolute atomic E-state index is 12.7. The minimum absolute atomic E-state index is 0.0483. The summed E-state index contributed by atoms with van der Waals surface area (Å²) < 4.78 is 5.53. The lowest BCUT2D eigenvalue weighted by Gasteiger charge is -2.30. The van der Waals surface area contributed by atoms with Gasteiger partial charge in [0.05, 0.1) is 5.92 Å². The van der Waals surface area contributed by atoms with E-state index in [2.05, 4.69) is 34.6 Å². The van der Waals surface area contributed by atoms with Gasteiger partial charge >= 0.3 is 12.1 Å². The number of anilines is 1. The van der Waals surface area contributed by atoms with Crippen LogP contribution in [0.25, 0.3) is 11.1 Å². The average Bonchev–Trinajstić information content (AvgIpc) is 3.45. The van der Waals surface area contributed by atoms with E-state index in [0.717, 1.165) is 33.6 Å². The number of rotatable bonds is 5. The van der Waals surface area contributed by atoms with Crippen LogP contribution in [-0.2, 0) is 9.53 Å². The number of likely N-dealkylation sites (tertiary alicyclic amines) is 1. The minimum Gasteiger partial charge on any atom is -0.481 e. The molecule has 1 aromatic heterocycles. The summed E-state index contributed by atoms with van der Waals surface area (Å²) in [5, 5.41) is 13.7. The van der Waals surface area contributed by atoms with E-state index in [-0.39, 0.29) is 35.8 Å². The highest BCUT2D eigenvalue weighted by Crippen LogP contribution is 2.44. The Balaban J connectivity index is 1.20. The molecule has 1 aliphatic carbocycles. The average molecular weight is 478 g/mol. The van der Waals surface area contributed by atoms with Gasteiger partial charge in [0.15, 0.2) is 5.13 Å². The molecule has 8 nitrogen and oxygen atoms in total. The van der Waals surface area contributed by atoms with Crippen molar-refractivity contribution in [2.75, 3.05) is 25.0 Å². The zero-order valence-electron chi connectivity index (χ0n) is 18.3. The molecule has 2 amide bonds. The molecule has 0 spiro atoms. The number of carbonyl (C=O) groups excluding carboxylic acids is 2.